The van der Waals surface area contributed by atoms with Crippen LogP contribution >= 0.6 is 11.6 Å². The summed E-state index contributed by atoms with van der Waals surface area (Å²) in [6.45, 7) is 5.65. The van der Waals surface area contributed by atoms with Crippen LogP contribution in [0.5, 0.6) is 0 Å². The predicted octanol–water partition coefficient (Wildman–Crippen LogP) is 2.66. The molecular weight excluding hydrogens is 260 g/mol. The predicted molar refractivity (Wildman–Crippen MR) is 78.6 cm³/mol. The molecule has 1 N–H and O–H groups in total. The van der Waals surface area contributed by atoms with Gasteiger partial charge in [0.2, 0.25) is 5.91 Å². The molecule has 1 atom stereocenters. The van der Waals surface area contributed by atoms with Gasteiger partial charge in [0.15, 0.2) is 0 Å². The number of benzene rings is 1. The highest BCUT2D eigenvalue weighted by Crippen LogP contribution is 2.23. The van der Waals surface area contributed by atoms with Gasteiger partial charge in [0.05, 0.1) is 0 Å². The molecule has 0 radical (unpaired) electrons. The quantitative estimate of drug-likeness (QED) is 0.920. The van der Waals surface area contributed by atoms with E-state index in [4.69, 9.17) is 11.6 Å². The molecule has 1 aliphatic heterocycles. The van der Waals surface area contributed by atoms with Gasteiger partial charge in [-0.1, -0.05) is 30.7 Å². The first-order valence-corrected chi connectivity index (χ1v) is 7.28. The summed E-state index contributed by atoms with van der Waals surface area (Å²) in [6.07, 6.45) is 1.50. The summed E-state index contributed by atoms with van der Waals surface area (Å²) in [7, 11) is 0. The monoisotopic (exact) mass is 280 g/mol. The van der Waals surface area contributed by atoms with E-state index in [1.165, 1.54) is 5.56 Å². The fourth-order valence-corrected chi connectivity index (χ4v) is 2.59. The van der Waals surface area contributed by atoms with Crippen LogP contribution in [0.1, 0.15) is 31.2 Å². The minimum absolute atomic E-state index is 0.273. The van der Waals surface area contributed by atoms with E-state index < -0.39 is 0 Å². The summed E-state index contributed by atoms with van der Waals surface area (Å²) < 4.78 is 0. The Balaban J connectivity index is 1.82. The second-order valence-electron chi connectivity index (χ2n) is 5.13. The molecule has 19 heavy (non-hydrogen) atoms. The Morgan fingerprint density at radius 3 is 2.84 bits per heavy atom. The second-order valence-corrected chi connectivity index (χ2v) is 5.56. The maximum absolute atomic E-state index is 12.1. The maximum atomic E-state index is 12.1. The van der Waals surface area contributed by atoms with E-state index >= 15 is 0 Å². The molecule has 0 saturated carbocycles. The van der Waals surface area contributed by atoms with Crippen molar-refractivity contribution in [3.05, 3.63) is 34.9 Å². The molecule has 1 aromatic rings. The Morgan fingerprint density at radius 2 is 2.16 bits per heavy atom. The zero-order valence-corrected chi connectivity index (χ0v) is 12.1. The van der Waals surface area contributed by atoms with Gasteiger partial charge in [-0.15, -0.1) is 0 Å². The zero-order chi connectivity index (χ0) is 13.7. The fourth-order valence-electron chi connectivity index (χ4n) is 2.39. The number of hydrogen-bond donors (Lipinski definition) is 1. The van der Waals surface area contributed by atoms with Crippen molar-refractivity contribution >= 4 is 17.5 Å². The SMILES string of the molecule is CC(CCC(=O)N1CCNCC1)c1cccc(Cl)c1. The van der Waals surface area contributed by atoms with Crippen molar-refractivity contribution in [2.45, 2.75) is 25.7 Å². The molecule has 0 bridgehead atoms. The number of carbonyl (C=O) groups excluding carboxylic acids is 1. The number of nitrogens with zero attached hydrogens (tertiary/aromatic N) is 1. The van der Waals surface area contributed by atoms with Crippen molar-refractivity contribution in [1.82, 2.24) is 10.2 Å². The average molecular weight is 281 g/mol. The minimum Gasteiger partial charge on any atom is -0.340 e. The van der Waals surface area contributed by atoms with Gasteiger partial charge in [0.1, 0.15) is 0 Å². The minimum atomic E-state index is 0.273. The third-order valence-electron chi connectivity index (χ3n) is 3.68. The van der Waals surface area contributed by atoms with Crippen LogP contribution in [0.3, 0.4) is 0 Å². The van der Waals surface area contributed by atoms with E-state index in [1.54, 1.807) is 0 Å². The van der Waals surface area contributed by atoms with Crippen molar-refractivity contribution in [3.63, 3.8) is 0 Å². The molecule has 1 heterocycles. The number of carbonyl (C=O) groups is 1. The van der Waals surface area contributed by atoms with Crippen LogP contribution in [0.15, 0.2) is 24.3 Å². The molecular formula is C15H21ClN2O. The van der Waals surface area contributed by atoms with Crippen LogP contribution in [0.2, 0.25) is 5.02 Å². The van der Waals surface area contributed by atoms with Gasteiger partial charge in [0.25, 0.3) is 0 Å². The summed E-state index contributed by atoms with van der Waals surface area (Å²) in [5, 5.41) is 4.02. The number of rotatable bonds is 4. The molecule has 0 aliphatic carbocycles. The van der Waals surface area contributed by atoms with Crippen molar-refractivity contribution in [1.29, 1.82) is 0 Å². The van der Waals surface area contributed by atoms with Gasteiger partial charge in [0, 0.05) is 37.6 Å². The van der Waals surface area contributed by atoms with Crippen LogP contribution in [-0.2, 0) is 4.79 Å². The van der Waals surface area contributed by atoms with Crippen LogP contribution in [0.25, 0.3) is 0 Å². The number of piperazine rings is 1. The average Bonchev–Trinajstić information content (AvgIpc) is 2.45. The molecule has 0 spiro atoms. The zero-order valence-electron chi connectivity index (χ0n) is 11.4. The van der Waals surface area contributed by atoms with Crippen molar-refractivity contribution in [2.75, 3.05) is 26.2 Å². The standard InChI is InChI=1S/C15H21ClN2O/c1-12(13-3-2-4-14(16)11-13)5-6-15(19)18-9-7-17-8-10-18/h2-4,11-12,17H,5-10H2,1H3. The van der Waals surface area contributed by atoms with Gasteiger partial charge in [-0.25, -0.2) is 0 Å². The van der Waals surface area contributed by atoms with E-state index in [9.17, 15) is 4.79 Å². The van der Waals surface area contributed by atoms with Gasteiger partial charge in [-0.05, 0) is 30.0 Å². The molecule has 1 fully saturated rings. The molecule has 2 rings (SSSR count). The van der Waals surface area contributed by atoms with E-state index in [-0.39, 0.29) is 5.91 Å². The Hall–Kier alpha value is -1.06. The van der Waals surface area contributed by atoms with E-state index in [0.29, 0.717) is 12.3 Å². The Kier molecular flexibility index (Phi) is 5.23. The van der Waals surface area contributed by atoms with E-state index in [0.717, 1.165) is 37.6 Å². The van der Waals surface area contributed by atoms with Crippen LogP contribution < -0.4 is 5.32 Å². The summed E-state index contributed by atoms with van der Waals surface area (Å²) in [4.78, 5) is 14.0. The highest BCUT2D eigenvalue weighted by atomic mass is 35.5. The molecule has 1 unspecified atom stereocenters. The second kappa shape index (κ2) is 6.92. The lowest BCUT2D eigenvalue weighted by atomic mass is 9.96. The van der Waals surface area contributed by atoms with Crippen molar-refractivity contribution < 1.29 is 4.79 Å². The Morgan fingerprint density at radius 1 is 1.42 bits per heavy atom. The highest BCUT2D eigenvalue weighted by Gasteiger charge is 2.17. The number of amides is 1. The highest BCUT2D eigenvalue weighted by molar-refractivity contribution is 6.30. The van der Waals surface area contributed by atoms with E-state index in [2.05, 4.69) is 18.3 Å². The maximum Gasteiger partial charge on any atom is 0.222 e. The largest absolute Gasteiger partial charge is 0.340 e. The van der Waals surface area contributed by atoms with E-state index in [1.807, 2.05) is 23.1 Å². The van der Waals surface area contributed by atoms with Crippen LogP contribution in [-0.4, -0.2) is 37.0 Å². The number of nitrogens with one attached hydrogen (secondary N) is 1. The van der Waals surface area contributed by atoms with Gasteiger partial charge in [-0.2, -0.15) is 0 Å². The molecule has 104 valence electrons. The third-order valence-corrected chi connectivity index (χ3v) is 3.91. The summed E-state index contributed by atoms with van der Waals surface area (Å²) in [5.41, 5.74) is 1.21. The van der Waals surface area contributed by atoms with Crippen LogP contribution in [0, 0.1) is 0 Å². The Bertz CT molecular complexity index is 430. The molecule has 1 amide bonds. The third kappa shape index (κ3) is 4.22. The summed E-state index contributed by atoms with van der Waals surface area (Å²) >= 11 is 5.99. The first kappa shape index (κ1) is 14.4. The first-order valence-electron chi connectivity index (χ1n) is 6.91. The number of halogens is 1. The normalized spacial score (nSPS) is 17.3. The molecule has 0 aromatic heterocycles. The number of hydrogen-bond acceptors (Lipinski definition) is 2. The molecule has 1 aliphatic rings. The molecule has 4 heteroatoms. The lowest BCUT2D eigenvalue weighted by molar-refractivity contribution is -0.131. The molecule has 1 aromatic carbocycles. The fraction of sp³-hybridized carbons (Fsp3) is 0.533. The summed E-state index contributed by atoms with van der Waals surface area (Å²) in [5.74, 6) is 0.640. The van der Waals surface area contributed by atoms with Crippen LogP contribution in [0.4, 0.5) is 0 Å². The van der Waals surface area contributed by atoms with Gasteiger partial charge >= 0.3 is 0 Å². The Labute approximate surface area is 119 Å². The molecule has 1 saturated heterocycles. The molecule has 3 nitrogen and oxygen atoms in total. The van der Waals surface area contributed by atoms with Crippen molar-refractivity contribution in [3.8, 4) is 0 Å². The first-order chi connectivity index (χ1) is 9.16. The van der Waals surface area contributed by atoms with Gasteiger partial charge in [-0.3, -0.25) is 4.79 Å². The van der Waals surface area contributed by atoms with Gasteiger partial charge < -0.3 is 10.2 Å². The topological polar surface area (TPSA) is 32.3 Å². The van der Waals surface area contributed by atoms with Crippen molar-refractivity contribution in [2.24, 2.45) is 0 Å². The lowest BCUT2D eigenvalue weighted by Crippen LogP contribution is -2.46. The summed E-state index contributed by atoms with van der Waals surface area (Å²) in [6, 6.07) is 7.91. The lowest BCUT2D eigenvalue weighted by Gasteiger charge is -2.27. The smallest absolute Gasteiger partial charge is 0.222 e.